The predicted octanol–water partition coefficient (Wildman–Crippen LogP) is 3.62. The topological polar surface area (TPSA) is 32.3 Å². The van der Waals surface area contributed by atoms with Crippen molar-refractivity contribution >= 4 is 27.5 Å². The standard InChI is InChI=1S/C17H19BrN2O/c1-13-8-9-16(18)15(12-13)17(21)19-10-11-20(2)14-6-4-3-5-7-14/h3-9,12H,10-11H2,1-2H3,(H,19,21). The van der Waals surface area contributed by atoms with Crippen molar-refractivity contribution in [2.45, 2.75) is 6.92 Å². The molecule has 2 rings (SSSR count). The number of benzene rings is 2. The van der Waals surface area contributed by atoms with Gasteiger partial charge >= 0.3 is 0 Å². The Bertz CT molecular complexity index is 613. The van der Waals surface area contributed by atoms with Gasteiger partial charge in [-0.15, -0.1) is 0 Å². The van der Waals surface area contributed by atoms with E-state index in [0.29, 0.717) is 12.1 Å². The van der Waals surface area contributed by atoms with Crippen molar-refractivity contribution in [2.24, 2.45) is 0 Å². The number of aryl methyl sites for hydroxylation is 1. The zero-order valence-corrected chi connectivity index (χ0v) is 13.9. The molecule has 0 saturated heterocycles. The molecule has 1 N–H and O–H groups in total. The highest BCUT2D eigenvalue weighted by atomic mass is 79.9. The van der Waals surface area contributed by atoms with Gasteiger partial charge in [0.25, 0.3) is 5.91 Å². The quantitative estimate of drug-likeness (QED) is 0.896. The van der Waals surface area contributed by atoms with E-state index in [1.165, 1.54) is 0 Å². The van der Waals surface area contributed by atoms with Gasteiger partial charge in [-0.1, -0.05) is 29.8 Å². The summed E-state index contributed by atoms with van der Waals surface area (Å²) in [5.41, 5.74) is 2.89. The first-order valence-electron chi connectivity index (χ1n) is 6.88. The number of nitrogens with zero attached hydrogens (tertiary/aromatic N) is 1. The lowest BCUT2D eigenvalue weighted by molar-refractivity contribution is 0.0954. The molecule has 0 saturated carbocycles. The van der Waals surface area contributed by atoms with Crippen molar-refractivity contribution in [1.29, 1.82) is 0 Å². The average molecular weight is 347 g/mol. The second-order valence-corrected chi connectivity index (χ2v) is 5.85. The first-order chi connectivity index (χ1) is 10.1. The molecule has 0 bridgehead atoms. The minimum Gasteiger partial charge on any atom is -0.373 e. The third-order valence-electron chi connectivity index (χ3n) is 3.30. The van der Waals surface area contributed by atoms with Crippen molar-refractivity contribution in [2.75, 3.05) is 25.0 Å². The molecule has 0 aliphatic heterocycles. The largest absolute Gasteiger partial charge is 0.373 e. The molecular formula is C17H19BrN2O. The number of hydrogen-bond donors (Lipinski definition) is 1. The van der Waals surface area contributed by atoms with E-state index in [9.17, 15) is 4.79 Å². The van der Waals surface area contributed by atoms with Gasteiger partial charge in [0, 0.05) is 30.3 Å². The van der Waals surface area contributed by atoms with Crippen LogP contribution in [0, 0.1) is 6.92 Å². The summed E-state index contributed by atoms with van der Waals surface area (Å²) in [6, 6.07) is 15.9. The van der Waals surface area contributed by atoms with Crippen molar-refractivity contribution < 1.29 is 4.79 Å². The summed E-state index contributed by atoms with van der Waals surface area (Å²) < 4.78 is 0.821. The van der Waals surface area contributed by atoms with Crippen LogP contribution in [-0.4, -0.2) is 26.0 Å². The summed E-state index contributed by atoms with van der Waals surface area (Å²) in [6.45, 7) is 3.34. The molecule has 4 heteroatoms. The number of anilines is 1. The fraction of sp³-hybridized carbons (Fsp3) is 0.235. The molecule has 0 aliphatic carbocycles. The van der Waals surface area contributed by atoms with Crippen molar-refractivity contribution in [3.8, 4) is 0 Å². The van der Waals surface area contributed by atoms with Gasteiger partial charge in [0.05, 0.1) is 5.56 Å². The van der Waals surface area contributed by atoms with Crippen LogP contribution in [0.5, 0.6) is 0 Å². The van der Waals surface area contributed by atoms with E-state index >= 15 is 0 Å². The van der Waals surface area contributed by atoms with E-state index in [4.69, 9.17) is 0 Å². The number of likely N-dealkylation sites (N-methyl/N-ethyl adjacent to an activating group) is 1. The maximum atomic E-state index is 12.2. The summed E-state index contributed by atoms with van der Waals surface area (Å²) in [5.74, 6) is -0.0490. The van der Waals surface area contributed by atoms with Gasteiger partial charge in [-0.2, -0.15) is 0 Å². The zero-order chi connectivity index (χ0) is 15.2. The molecule has 2 aromatic carbocycles. The van der Waals surface area contributed by atoms with E-state index < -0.39 is 0 Å². The summed E-state index contributed by atoms with van der Waals surface area (Å²) in [4.78, 5) is 14.3. The lowest BCUT2D eigenvalue weighted by atomic mass is 10.1. The number of carbonyl (C=O) groups excluding carboxylic acids is 1. The van der Waals surface area contributed by atoms with E-state index in [0.717, 1.165) is 22.3 Å². The first-order valence-corrected chi connectivity index (χ1v) is 7.68. The van der Waals surface area contributed by atoms with Crippen LogP contribution in [0.4, 0.5) is 5.69 Å². The normalized spacial score (nSPS) is 10.2. The lowest BCUT2D eigenvalue weighted by Crippen LogP contribution is -2.33. The SMILES string of the molecule is Cc1ccc(Br)c(C(=O)NCCN(C)c2ccccc2)c1. The van der Waals surface area contributed by atoms with E-state index in [-0.39, 0.29) is 5.91 Å². The van der Waals surface area contributed by atoms with Crippen molar-refractivity contribution in [3.05, 3.63) is 64.1 Å². The van der Waals surface area contributed by atoms with Gasteiger partial charge in [0.15, 0.2) is 0 Å². The van der Waals surface area contributed by atoms with E-state index in [1.54, 1.807) is 0 Å². The Morgan fingerprint density at radius 3 is 2.62 bits per heavy atom. The molecule has 0 fully saturated rings. The van der Waals surface area contributed by atoms with Crippen molar-refractivity contribution in [3.63, 3.8) is 0 Å². The summed E-state index contributed by atoms with van der Waals surface area (Å²) in [5, 5.41) is 2.96. The van der Waals surface area contributed by atoms with Gasteiger partial charge in [-0.3, -0.25) is 4.79 Å². The van der Waals surface area contributed by atoms with Crippen LogP contribution >= 0.6 is 15.9 Å². The molecule has 0 heterocycles. The molecule has 1 amide bonds. The van der Waals surface area contributed by atoms with Crippen molar-refractivity contribution in [1.82, 2.24) is 5.32 Å². The Morgan fingerprint density at radius 2 is 1.90 bits per heavy atom. The van der Waals surface area contributed by atoms with Gasteiger partial charge in [0.2, 0.25) is 0 Å². The maximum absolute atomic E-state index is 12.2. The number of hydrogen-bond acceptors (Lipinski definition) is 2. The smallest absolute Gasteiger partial charge is 0.252 e. The third-order valence-corrected chi connectivity index (χ3v) is 3.99. The van der Waals surface area contributed by atoms with Crippen LogP contribution in [0.15, 0.2) is 53.0 Å². The minimum atomic E-state index is -0.0490. The van der Waals surface area contributed by atoms with Gasteiger partial charge < -0.3 is 10.2 Å². The van der Waals surface area contributed by atoms with E-state index in [1.807, 2.05) is 50.4 Å². The highest BCUT2D eigenvalue weighted by Crippen LogP contribution is 2.18. The molecule has 2 aromatic rings. The van der Waals surface area contributed by atoms with Crippen LogP contribution < -0.4 is 10.2 Å². The van der Waals surface area contributed by atoms with E-state index in [2.05, 4.69) is 38.3 Å². The van der Waals surface area contributed by atoms with Crippen LogP contribution in [-0.2, 0) is 0 Å². The molecule has 0 unspecified atom stereocenters. The summed E-state index contributed by atoms with van der Waals surface area (Å²) in [6.07, 6.45) is 0. The molecule has 0 radical (unpaired) electrons. The van der Waals surface area contributed by atoms with Crippen LogP contribution in [0.25, 0.3) is 0 Å². The number of halogens is 1. The molecule has 110 valence electrons. The molecule has 0 aliphatic rings. The summed E-state index contributed by atoms with van der Waals surface area (Å²) >= 11 is 3.42. The Kier molecular flexibility index (Phi) is 5.39. The lowest BCUT2D eigenvalue weighted by Gasteiger charge is -2.19. The highest BCUT2D eigenvalue weighted by molar-refractivity contribution is 9.10. The zero-order valence-electron chi connectivity index (χ0n) is 12.3. The highest BCUT2D eigenvalue weighted by Gasteiger charge is 2.10. The fourth-order valence-corrected chi connectivity index (χ4v) is 2.48. The fourth-order valence-electron chi connectivity index (χ4n) is 2.06. The molecule has 21 heavy (non-hydrogen) atoms. The molecular weight excluding hydrogens is 328 g/mol. The van der Waals surface area contributed by atoms with Crippen LogP contribution in [0.1, 0.15) is 15.9 Å². The molecule has 0 aromatic heterocycles. The van der Waals surface area contributed by atoms with Gasteiger partial charge in [-0.25, -0.2) is 0 Å². The Balaban J connectivity index is 1.88. The van der Waals surface area contributed by atoms with Gasteiger partial charge in [0.1, 0.15) is 0 Å². The second kappa shape index (κ2) is 7.27. The molecule has 3 nitrogen and oxygen atoms in total. The molecule has 0 atom stereocenters. The summed E-state index contributed by atoms with van der Waals surface area (Å²) in [7, 11) is 2.02. The number of amides is 1. The molecule has 0 spiro atoms. The number of carbonyl (C=O) groups is 1. The average Bonchev–Trinajstić information content (AvgIpc) is 2.50. The third kappa shape index (κ3) is 4.33. The number of rotatable bonds is 5. The van der Waals surface area contributed by atoms with Crippen LogP contribution in [0.3, 0.4) is 0 Å². The second-order valence-electron chi connectivity index (χ2n) is 5.00. The Labute approximate surface area is 134 Å². The predicted molar refractivity (Wildman–Crippen MR) is 90.9 cm³/mol. The van der Waals surface area contributed by atoms with Crippen LogP contribution in [0.2, 0.25) is 0 Å². The Hall–Kier alpha value is -1.81. The number of para-hydroxylation sites is 1. The monoisotopic (exact) mass is 346 g/mol. The number of nitrogens with one attached hydrogen (secondary N) is 1. The minimum absolute atomic E-state index is 0.0490. The first kappa shape index (κ1) is 15.6. The van der Waals surface area contributed by atoms with Gasteiger partial charge in [-0.05, 0) is 47.1 Å². The maximum Gasteiger partial charge on any atom is 0.252 e. The Morgan fingerprint density at radius 1 is 1.19 bits per heavy atom.